The monoisotopic (exact) mass is 234 g/mol. The zero-order valence-corrected chi connectivity index (χ0v) is 11.0. The predicted octanol–water partition coefficient (Wildman–Crippen LogP) is 3.08. The zero-order valence-electron chi connectivity index (χ0n) is 11.0. The van der Waals surface area contributed by atoms with Crippen LogP contribution >= 0.6 is 0 Å². The first-order valence-corrected chi connectivity index (χ1v) is 6.32. The maximum Gasteiger partial charge on any atom is 0.0690 e. The van der Waals surface area contributed by atoms with Crippen molar-refractivity contribution in [1.82, 2.24) is 0 Å². The standard InChI is InChI=1S/C15H22O2/c1-12-6-8-13(9-7-12)15(11-16-2)10-4-5-14(15)17-3/h6-9,14H,4-5,10-11H2,1-3H3. The summed E-state index contributed by atoms with van der Waals surface area (Å²) in [4.78, 5) is 0. The number of ether oxygens (including phenoxy) is 2. The van der Waals surface area contributed by atoms with Crippen LogP contribution in [0.3, 0.4) is 0 Å². The molecule has 1 saturated carbocycles. The van der Waals surface area contributed by atoms with Crippen LogP contribution in [0.1, 0.15) is 30.4 Å². The van der Waals surface area contributed by atoms with Crippen molar-refractivity contribution in [3.05, 3.63) is 35.4 Å². The highest BCUT2D eigenvalue weighted by Gasteiger charge is 2.44. The number of rotatable bonds is 4. The van der Waals surface area contributed by atoms with Crippen LogP contribution in [0.15, 0.2) is 24.3 Å². The molecule has 0 radical (unpaired) electrons. The normalized spacial score (nSPS) is 28.5. The lowest BCUT2D eigenvalue weighted by molar-refractivity contribution is 0.0100. The van der Waals surface area contributed by atoms with E-state index in [-0.39, 0.29) is 11.5 Å². The molecule has 0 bridgehead atoms. The molecule has 2 atom stereocenters. The summed E-state index contributed by atoms with van der Waals surface area (Å²) in [6.07, 6.45) is 3.79. The Morgan fingerprint density at radius 1 is 1.24 bits per heavy atom. The highest BCUT2D eigenvalue weighted by atomic mass is 16.5. The highest BCUT2D eigenvalue weighted by molar-refractivity contribution is 5.31. The van der Waals surface area contributed by atoms with Crippen LogP contribution in [0.4, 0.5) is 0 Å². The Bertz CT molecular complexity index is 358. The summed E-state index contributed by atoms with van der Waals surface area (Å²) in [6, 6.07) is 8.81. The molecule has 1 aromatic carbocycles. The lowest BCUT2D eigenvalue weighted by Crippen LogP contribution is -2.40. The van der Waals surface area contributed by atoms with E-state index in [1.807, 2.05) is 7.11 Å². The minimum Gasteiger partial charge on any atom is -0.384 e. The molecule has 2 heteroatoms. The van der Waals surface area contributed by atoms with Gasteiger partial charge in [-0.25, -0.2) is 0 Å². The van der Waals surface area contributed by atoms with E-state index in [0.717, 1.165) is 19.4 Å². The SMILES string of the molecule is COCC1(c2ccc(C)cc2)CCCC1OC. The van der Waals surface area contributed by atoms with Crippen LogP contribution in [0.25, 0.3) is 0 Å². The first kappa shape index (κ1) is 12.6. The van der Waals surface area contributed by atoms with Gasteiger partial charge in [-0.15, -0.1) is 0 Å². The molecule has 94 valence electrons. The largest absolute Gasteiger partial charge is 0.384 e. The van der Waals surface area contributed by atoms with Crippen LogP contribution in [0, 0.1) is 6.92 Å². The molecule has 0 heterocycles. The van der Waals surface area contributed by atoms with Gasteiger partial charge in [-0.05, 0) is 31.7 Å². The van der Waals surface area contributed by atoms with Crippen LogP contribution in [0.2, 0.25) is 0 Å². The van der Waals surface area contributed by atoms with E-state index in [0.29, 0.717) is 0 Å². The molecule has 0 aliphatic heterocycles. The molecule has 1 aromatic rings. The maximum absolute atomic E-state index is 5.68. The fourth-order valence-electron chi connectivity index (χ4n) is 3.11. The molecular weight excluding hydrogens is 212 g/mol. The summed E-state index contributed by atoms with van der Waals surface area (Å²) in [6.45, 7) is 2.86. The highest BCUT2D eigenvalue weighted by Crippen LogP contribution is 2.43. The Morgan fingerprint density at radius 3 is 2.53 bits per heavy atom. The van der Waals surface area contributed by atoms with Crippen LogP contribution < -0.4 is 0 Å². The van der Waals surface area contributed by atoms with Crippen LogP contribution in [-0.4, -0.2) is 26.9 Å². The second-order valence-corrected chi connectivity index (χ2v) is 5.07. The van der Waals surface area contributed by atoms with Gasteiger partial charge in [-0.1, -0.05) is 29.8 Å². The van der Waals surface area contributed by atoms with E-state index in [9.17, 15) is 0 Å². The van der Waals surface area contributed by atoms with Gasteiger partial charge in [-0.3, -0.25) is 0 Å². The average Bonchev–Trinajstić information content (AvgIpc) is 2.74. The quantitative estimate of drug-likeness (QED) is 0.797. The minimum atomic E-state index is 0.0528. The van der Waals surface area contributed by atoms with Gasteiger partial charge in [0.2, 0.25) is 0 Å². The molecular formula is C15H22O2. The number of methoxy groups -OCH3 is 2. The molecule has 0 spiro atoms. The number of hydrogen-bond donors (Lipinski definition) is 0. The van der Waals surface area contributed by atoms with Crippen molar-refractivity contribution in [3.8, 4) is 0 Å². The van der Waals surface area contributed by atoms with Gasteiger partial charge in [0.1, 0.15) is 0 Å². The van der Waals surface area contributed by atoms with Crippen LogP contribution in [-0.2, 0) is 14.9 Å². The third-order valence-electron chi connectivity index (χ3n) is 4.02. The van der Waals surface area contributed by atoms with Gasteiger partial charge in [0.25, 0.3) is 0 Å². The molecule has 0 N–H and O–H groups in total. The molecule has 2 nitrogen and oxygen atoms in total. The Hall–Kier alpha value is -0.860. The first-order chi connectivity index (χ1) is 8.23. The summed E-state index contributed by atoms with van der Waals surface area (Å²) in [7, 11) is 3.59. The minimum absolute atomic E-state index is 0.0528. The molecule has 1 aliphatic carbocycles. The van der Waals surface area contributed by atoms with Gasteiger partial charge in [-0.2, -0.15) is 0 Å². The van der Waals surface area contributed by atoms with Crippen molar-refractivity contribution < 1.29 is 9.47 Å². The van der Waals surface area contributed by atoms with Gasteiger partial charge in [0, 0.05) is 19.6 Å². The third kappa shape index (κ3) is 2.24. The Kier molecular flexibility index (Phi) is 3.85. The Balaban J connectivity index is 2.36. The molecule has 0 aromatic heterocycles. The smallest absolute Gasteiger partial charge is 0.0690 e. The fraction of sp³-hybridized carbons (Fsp3) is 0.600. The maximum atomic E-state index is 5.68. The number of benzene rings is 1. The van der Waals surface area contributed by atoms with Crippen molar-refractivity contribution in [1.29, 1.82) is 0 Å². The predicted molar refractivity (Wildman–Crippen MR) is 69.4 cm³/mol. The summed E-state index contributed by atoms with van der Waals surface area (Å²) in [5.74, 6) is 0. The van der Waals surface area contributed by atoms with Gasteiger partial charge < -0.3 is 9.47 Å². The van der Waals surface area contributed by atoms with E-state index in [4.69, 9.17) is 9.47 Å². The fourth-order valence-corrected chi connectivity index (χ4v) is 3.11. The molecule has 0 saturated heterocycles. The van der Waals surface area contributed by atoms with Crippen molar-refractivity contribution in [3.63, 3.8) is 0 Å². The van der Waals surface area contributed by atoms with E-state index < -0.39 is 0 Å². The summed E-state index contributed by atoms with van der Waals surface area (Å²) in [5, 5.41) is 0. The Morgan fingerprint density at radius 2 is 1.94 bits per heavy atom. The van der Waals surface area contributed by atoms with E-state index >= 15 is 0 Å². The first-order valence-electron chi connectivity index (χ1n) is 6.32. The summed E-state index contributed by atoms with van der Waals surface area (Å²) >= 11 is 0. The lowest BCUT2D eigenvalue weighted by Gasteiger charge is -2.34. The van der Waals surface area contributed by atoms with Crippen molar-refractivity contribution in [2.45, 2.75) is 37.7 Å². The molecule has 1 aliphatic rings. The number of aryl methyl sites for hydroxylation is 1. The van der Waals surface area contributed by atoms with Crippen molar-refractivity contribution >= 4 is 0 Å². The molecule has 2 rings (SSSR count). The molecule has 2 unspecified atom stereocenters. The topological polar surface area (TPSA) is 18.5 Å². The second-order valence-electron chi connectivity index (χ2n) is 5.07. The van der Waals surface area contributed by atoms with Crippen LogP contribution in [0.5, 0.6) is 0 Å². The van der Waals surface area contributed by atoms with Gasteiger partial charge >= 0.3 is 0 Å². The van der Waals surface area contributed by atoms with E-state index in [1.54, 1.807) is 7.11 Å². The number of hydrogen-bond acceptors (Lipinski definition) is 2. The Labute approximate surface area is 104 Å². The van der Waals surface area contributed by atoms with E-state index in [2.05, 4.69) is 31.2 Å². The zero-order chi connectivity index (χ0) is 12.3. The molecule has 1 fully saturated rings. The van der Waals surface area contributed by atoms with Crippen molar-refractivity contribution in [2.75, 3.05) is 20.8 Å². The summed E-state index contributed by atoms with van der Waals surface area (Å²) < 4.78 is 11.2. The van der Waals surface area contributed by atoms with Crippen molar-refractivity contribution in [2.24, 2.45) is 0 Å². The molecule has 0 amide bonds. The average molecular weight is 234 g/mol. The summed E-state index contributed by atoms with van der Waals surface area (Å²) in [5.41, 5.74) is 2.71. The third-order valence-corrected chi connectivity index (χ3v) is 4.02. The lowest BCUT2D eigenvalue weighted by atomic mass is 9.77. The van der Waals surface area contributed by atoms with Gasteiger partial charge in [0.05, 0.1) is 12.7 Å². The molecule has 17 heavy (non-hydrogen) atoms. The second kappa shape index (κ2) is 5.19. The van der Waals surface area contributed by atoms with E-state index in [1.165, 1.54) is 17.5 Å². The van der Waals surface area contributed by atoms with Gasteiger partial charge in [0.15, 0.2) is 0 Å².